The predicted octanol–water partition coefficient (Wildman–Crippen LogP) is 2.49. The predicted molar refractivity (Wildman–Crippen MR) is 82.7 cm³/mol. The third-order valence-corrected chi connectivity index (χ3v) is 7.44. The molecule has 1 heterocycles. The summed E-state index contributed by atoms with van der Waals surface area (Å²) >= 11 is 0. The second-order valence-electron chi connectivity index (χ2n) is 9.11. The number of nitrogens with two attached hydrogens (primary N) is 1. The smallest absolute Gasteiger partial charge is 0.301 e. The molecule has 124 valence electrons. The molecular weight excluding hydrogens is 293 g/mol. The molecule has 23 heavy (non-hydrogen) atoms. The van der Waals surface area contributed by atoms with Crippen LogP contribution >= 0.6 is 0 Å². The maximum atomic E-state index is 15.1. The molecule has 6 fully saturated rings. The molecule has 4 bridgehead atoms. The monoisotopic (exact) mass is 317 g/mol. The zero-order valence-corrected chi connectivity index (χ0v) is 13.4. The Kier molecular flexibility index (Phi) is 2.64. The zero-order valence-electron chi connectivity index (χ0n) is 13.4. The SMILES string of the molecule is [C-]#[N+]C1CC2CC2N1C(=O)C(N)C12CC3CC(CC(F)(C3)C1)C2. The number of carbonyl (C=O) groups is 1. The lowest BCUT2D eigenvalue weighted by Gasteiger charge is -2.60. The van der Waals surface area contributed by atoms with Gasteiger partial charge in [-0.25, -0.2) is 11.0 Å². The van der Waals surface area contributed by atoms with Gasteiger partial charge in [-0.1, -0.05) is 0 Å². The molecule has 5 saturated carbocycles. The van der Waals surface area contributed by atoms with Crippen molar-refractivity contribution in [1.82, 2.24) is 4.90 Å². The van der Waals surface area contributed by atoms with Crippen LogP contribution in [0.3, 0.4) is 0 Å². The van der Waals surface area contributed by atoms with Gasteiger partial charge < -0.3 is 5.73 Å². The van der Waals surface area contributed by atoms with Crippen LogP contribution < -0.4 is 5.73 Å². The maximum absolute atomic E-state index is 15.1. The summed E-state index contributed by atoms with van der Waals surface area (Å²) in [5.41, 5.74) is 5.05. The average Bonchev–Trinajstić information content (AvgIpc) is 3.14. The fourth-order valence-electron chi connectivity index (χ4n) is 6.86. The van der Waals surface area contributed by atoms with Crippen molar-refractivity contribution in [3.63, 3.8) is 0 Å². The van der Waals surface area contributed by atoms with Gasteiger partial charge in [0.15, 0.2) is 0 Å². The summed E-state index contributed by atoms with van der Waals surface area (Å²) in [6, 6.07) is -0.381. The van der Waals surface area contributed by atoms with Crippen molar-refractivity contribution >= 4 is 5.91 Å². The molecule has 5 aliphatic carbocycles. The molecule has 2 N–H and O–H groups in total. The van der Waals surface area contributed by atoms with Gasteiger partial charge in [0.1, 0.15) is 5.67 Å². The number of amides is 1. The average molecular weight is 317 g/mol. The van der Waals surface area contributed by atoms with Crippen LogP contribution in [-0.4, -0.2) is 34.7 Å². The van der Waals surface area contributed by atoms with Crippen LogP contribution in [0.4, 0.5) is 4.39 Å². The third kappa shape index (κ3) is 1.88. The molecule has 1 aliphatic heterocycles. The summed E-state index contributed by atoms with van der Waals surface area (Å²) in [4.78, 5) is 18.5. The summed E-state index contributed by atoms with van der Waals surface area (Å²) in [5, 5.41) is 0. The number of piperidine rings is 1. The van der Waals surface area contributed by atoms with Gasteiger partial charge in [0, 0.05) is 12.5 Å². The normalized spacial score (nSPS) is 53.8. The van der Waals surface area contributed by atoms with E-state index in [1.165, 1.54) is 0 Å². The van der Waals surface area contributed by atoms with E-state index in [9.17, 15) is 4.79 Å². The molecule has 6 rings (SSSR count). The Morgan fingerprint density at radius 3 is 2.52 bits per heavy atom. The van der Waals surface area contributed by atoms with Gasteiger partial charge in [0.25, 0.3) is 0 Å². The van der Waals surface area contributed by atoms with Crippen molar-refractivity contribution in [2.24, 2.45) is 28.9 Å². The molecule has 6 aliphatic rings. The molecule has 0 aromatic carbocycles. The number of halogens is 1. The quantitative estimate of drug-likeness (QED) is 0.796. The van der Waals surface area contributed by atoms with Crippen LogP contribution in [0.15, 0.2) is 0 Å². The van der Waals surface area contributed by atoms with E-state index in [2.05, 4.69) is 4.85 Å². The van der Waals surface area contributed by atoms with Gasteiger partial charge >= 0.3 is 6.17 Å². The van der Waals surface area contributed by atoms with E-state index in [0.29, 0.717) is 37.0 Å². The van der Waals surface area contributed by atoms with Gasteiger partial charge in [-0.15, -0.1) is 0 Å². The van der Waals surface area contributed by atoms with Crippen molar-refractivity contribution in [2.45, 2.75) is 75.3 Å². The number of carbonyl (C=O) groups excluding carboxylic acids is 1. The van der Waals surface area contributed by atoms with Gasteiger partial charge in [0.2, 0.25) is 5.91 Å². The van der Waals surface area contributed by atoms with E-state index >= 15 is 4.39 Å². The lowest BCUT2D eigenvalue weighted by atomic mass is 9.46. The van der Waals surface area contributed by atoms with E-state index in [-0.39, 0.29) is 23.5 Å². The molecule has 0 spiro atoms. The third-order valence-electron chi connectivity index (χ3n) is 7.44. The molecule has 5 heteroatoms. The Hall–Kier alpha value is -1.15. The number of alkyl halides is 1. The Morgan fingerprint density at radius 2 is 1.91 bits per heavy atom. The molecule has 4 nitrogen and oxygen atoms in total. The van der Waals surface area contributed by atoms with Crippen molar-refractivity contribution in [2.75, 3.05) is 0 Å². The second-order valence-corrected chi connectivity index (χ2v) is 9.11. The van der Waals surface area contributed by atoms with Gasteiger partial charge in [0.05, 0.1) is 6.04 Å². The Morgan fingerprint density at radius 1 is 1.22 bits per heavy atom. The largest absolute Gasteiger partial charge is 0.319 e. The first kappa shape index (κ1) is 14.2. The molecule has 0 radical (unpaired) electrons. The zero-order chi connectivity index (χ0) is 16.0. The van der Waals surface area contributed by atoms with E-state index in [4.69, 9.17) is 12.3 Å². The molecule has 6 atom stereocenters. The Labute approximate surface area is 136 Å². The number of nitrogens with zero attached hydrogens (tertiary/aromatic N) is 2. The minimum absolute atomic E-state index is 0.0680. The molecule has 0 aromatic heterocycles. The van der Waals surface area contributed by atoms with Gasteiger partial charge in [-0.05, 0) is 68.1 Å². The van der Waals surface area contributed by atoms with E-state index in [0.717, 1.165) is 32.1 Å². The Bertz CT molecular complexity index is 600. The van der Waals surface area contributed by atoms with Crippen LogP contribution in [0.2, 0.25) is 0 Å². The van der Waals surface area contributed by atoms with Gasteiger partial charge in [-0.2, -0.15) is 0 Å². The summed E-state index contributed by atoms with van der Waals surface area (Å²) in [7, 11) is 0. The van der Waals surface area contributed by atoms with Crippen LogP contribution in [-0.2, 0) is 4.79 Å². The maximum Gasteiger partial charge on any atom is 0.301 e. The van der Waals surface area contributed by atoms with Crippen LogP contribution in [0.25, 0.3) is 4.85 Å². The molecule has 6 unspecified atom stereocenters. The summed E-state index contributed by atoms with van der Waals surface area (Å²) < 4.78 is 15.1. The van der Waals surface area contributed by atoms with Crippen molar-refractivity contribution in [3.8, 4) is 0 Å². The topological polar surface area (TPSA) is 50.7 Å². The fourth-order valence-corrected chi connectivity index (χ4v) is 6.86. The Balaban J connectivity index is 1.43. The number of hydrogen-bond acceptors (Lipinski definition) is 2. The highest BCUT2D eigenvalue weighted by atomic mass is 19.1. The number of likely N-dealkylation sites (tertiary alicyclic amines) is 1. The highest BCUT2D eigenvalue weighted by Gasteiger charge is 2.64. The standard InChI is InChI=1S/C18H24FN3O/c1-21-14-4-12-3-13(12)22(14)16(23)15(20)17-5-10-2-11(6-17)8-18(19,7-10)9-17/h10-15H,2-9,20H2. The van der Waals surface area contributed by atoms with E-state index in [1.54, 1.807) is 4.90 Å². The molecule has 1 amide bonds. The summed E-state index contributed by atoms with van der Waals surface area (Å²) in [5.74, 6) is 1.25. The molecular formula is C18H24FN3O. The lowest BCUT2D eigenvalue weighted by Crippen LogP contribution is -2.63. The number of fused-ring (bicyclic) bond motifs is 1. The highest BCUT2D eigenvalue weighted by Crippen LogP contribution is 2.64. The fraction of sp³-hybridized carbons (Fsp3) is 0.889. The molecule has 1 saturated heterocycles. The second kappa shape index (κ2) is 4.27. The first-order valence-electron chi connectivity index (χ1n) is 9.06. The minimum atomic E-state index is -1.09. The van der Waals surface area contributed by atoms with E-state index in [1.807, 2.05) is 0 Å². The van der Waals surface area contributed by atoms with E-state index < -0.39 is 11.7 Å². The molecule has 0 aromatic rings. The number of rotatable bonds is 2. The minimum Gasteiger partial charge on any atom is -0.319 e. The van der Waals surface area contributed by atoms with Crippen LogP contribution in [0.5, 0.6) is 0 Å². The summed E-state index contributed by atoms with van der Waals surface area (Å²) in [6.07, 6.45) is 6.24. The number of hydrogen-bond donors (Lipinski definition) is 1. The first-order chi connectivity index (χ1) is 10.9. The summed E-state index contributed by atoms with van der Waals surface area (Å²) in [6.45, 7) is 7.36. The van der Waals surface area contributed by atoms with Gasteiger partial charge in [-0.3, -0.25) is 14.5 Å². The van der Waals surface area contributed by atoms with Crippen molar-refractivity contribution < 1.29 is 9.18 Å². The first-order valence-corrected chi connectivity index (χ1v) is 9.06. The van der Waals surface area contributed by atoms with Crippen molar-refractivity contribution in [1.29, 1.82) is 0 Å². The lowest BCUT2D eigenvalue weighted by molar-refractivity contribution is -0.156. The highest BCUT2D eigenvalue weighted by molar-refractivity contribution is 5.84. The van der Waals surface area contributed by atoms with Crippen molar-refractivity contribution in [3.05, 3.63) is 11.4 Å². The van der Waals surface area contributed by atoms with Crippen LogP contribution in [0, 0.1) is 29.7 Å². The van der Waals surface area contributed by atoms with Crippen LogP contribution in [0.1, 0.15) is 51.4 Å².